The number of hydrogen-bond acceptors (Lipinski definition) is 1. The summed E-state index contributed by atoms with van der Waals surface area (Å²) in [5, 5.41) is 2.47. The van der Waals surface area contributed by atoms with Gasteiger partial charge in [-0.25, -0.2) is 0 Å². The van der Waals surface area contributed by atoms with Crippen LogP contribution in [0.25, 0.3) is 0 Å². The van der Waals surface area contributed by atoms with Crippen molar-refractivity contribution in [3.05, 3.63) is 34.9 Å². The van der Waals surface area contributed by atoms with Crippen LogP contribution in [-0.2, 0) is 10.2 Å². The molecule has 0 aliphatic rings. The summed E-state index contributed by atoms with van der Waals surface area (Å²) in [7, 11) is 0. The van der Waals surface area contributed by atoms with E-state index < -0.39 is 0 Å². The van der Waals surface area contributed by atoms with Gasteiger partial charge in [0.2, 0.25) is 0 Å². The first-order chi connectivity index (χ1) is 7.68. The molecule has 0 radical (unpaired) electrons. The smallest absolute Gasteiger partial charge is 0.0578 e. The van der Waals surface area contributed by atoms with E-state index in [0.29, 0.717) is 6.61 Å². The summed E-state index contributed by atoms with van der Waals surface area (Å²) in [4.78, 5) is 0. The van der Waals surface area contributed by atoms with E-state index in [1.807, 2.05) is 19.1 Å². The lowest BCUT2D eigenvalue weighted by molar-refractivity contribution is 0.110. The van der Waals surface area contributed by atoms with Crippen molar-refractivity contribution in [2.75, 3.05) is 23.9 Å². The van der Waals surface area contributed by atoms with Crippen LogP contribution in [0.15, 0.2) is 24.3 Å². The van der Waals surface area contributed by atoms with Gasteiger partial charge in [0.05, 0.1) is 6.61 Å². The summed E-state index contributed by atoms with van der Waals surface area (Å²) < 4.78 is 5.57. The third-order valence-electron chi connectivity index (χ3n) is 2.55. The minimum atomic E-state index is -0.0272. The summed E-state index contributed by atoms with van der Waals surface area (Å²) in [6, 6.07) is 7.96. The Morgan fingerprint density at radius 2 is 1.75 bits per heavy atom. The fourth-order valence-corrected chi connectivity index (χ4v) is 3.48. The van der Waals surface area contributed by atoms with E-state index in [1.54, 1.807) is 0 Å². The van der Waals surface area contributed by atoms with Crippen LogP contribution < -0.4 is 0 Å². The normalized spacial score (nSPS) is 11.8. The van der Waals surface area contributed by atoms with Crippen LogP contribution in [0.3, 0.4) is 0 Å². The van der Waals surface area contributed by atoms with Crippen LogP contribution in [-0.4, -0.2) is 23.9 Å². The molecule has 0 heterocycles. The summed E-state index contributed by atoms with van der Waals surface area (Å²) in [6.07, 6.45) is 0. The van der Waals surface area contributed by atoms with Crippen molar-refractivity contribution in [1.82, 2.24) is 0 Å². The zero-order valence-corrected chi connectivity index (χ0v) is 13.1. The second-order valence-electron chi connectivity index (χ2n) is 3.69. The molecule has 0 aliphatic carbocycles. The van der Waals surface area contributed by atoms with Crippen LogP contribution in [0.2, 0.25) is 5.02 Å². The SMILES string of the molecule is CCOCC(CBr)(CBr)c1ccc(Cl)cc1. The van der Waals surface area contributed by atoms with Gasteiger partial charge in [-0.2, -0.15) is 0 Å². The van der Waals surface area contributed by atoms with Gasteiger partial charge < -0.3 is 4.74 Å². The molecule has 1 rings (SSSR count). The number of alkyl halides is 2. The highest BCUT2D eigenvalue weighted by atomic mass is 79.9. The van der Waals surface area contributed by atoms with Crippen molar-refractivity contribution in [1.29, 1.82) is 0 Å². The first-order valence-electron chi connectivity index (χ1n) is 5.14. The molecule has 0 fully saturated rings. The topological polar surface area (TPSA) is 9.23 Å². The molecule has 1 nitrogen and oxygen atoms in total. The largest absolute Gasteiger partial charge is 0.381 e. The van der Waals surface area contributed by atoms with Gasteiger partial charge in [-0.3, -0.25) is 0 Å². The molecule has 0 saturated carbocycles. The van der Waals surface area contributed by atoms with E-state index >= 15 is 0 Å². The molecule has 0 unspecified atom stereocenters. The van der Waals surface area contributed by atoms with Crippen molar-refractivity contribution < 1.29 is 4.74 Å². The molecule has 1 aromatic carbocycles. The molecule has 0 aliphatic heterocycles. The lowest BCUT2D eigenvalue weighted by atomic mass is 9.85. The number of halogens is 3. The van der Waals surface area contributed by atoms with Crippen LogP contribution in [0.1, 0.15) is 12.5 Å². The summed E-state index contributed by atoms with van der Waals surface area (Å²) in [5.41, 5.74) is 1.21. The maximum absolute atomic E-state index is 5.90. The first-order valence-corrected chi connectivity index (χ1v) is 7.76. The van der Waals surface area contributed by atoms with Gasteiger partial charge in [0.15, 0.2) is 0 Å². The molecule has 90 valence electrons. The predicted molar refractivity (Wildman–Crippen MR) is 77.2 cm³/mol. The van der Waals surface area contributed by atoms with Crippen LogP contribution in [0.4, 0.5) is 0 Å². The second kappa shape index (κ2) is 7.00. The van der Waals surface area contributed by atoms with Crippen molar-refractivity contribution in [2.45, 2.75) is 12.3 Å². The van der Waals surface area contributed by atoms with E-state index in [2.05, 4.69) is 44.0 Å². The average molecular weight is 371 g/mol. The Hall–Kier alpha value is 0.430. The first kappa shape index (κ1) is 14.5. The number of hydrogen-bond donors (Lipinski definition) is 0. The molecule has 0 aromatic heterocycles. The second-order valence-corrected chi connectivity index (χ2v) is 5.25. The Morgan fingerprint density at radius 3 is 2.19 bits per heavy atom. The molecule has 16 heavy (non-hydrogen) atoms. The van der Waals surface area contributed by atoms with Crippen molar-refractivity contribution >= 4 is 43.5 Å². The summed E-state index contributed by atoms with van der Waals surface area (Å²) in [5.74, 6) is 0. The third kappa shape index (κ3) is 3.46. The van der Waals surface area contributed by atoms with E-state index in [4.69, 9.17) is 16.3 Å². The Morgan fingerprint density at radius 1 is 1.19 bits per heavy atom. The van der Waals surface area contributed by atoms with E-state index in [1.165, 1.54) is 5.56 Å². The molecule has 0 N–H and O–H groups in total. The van der Waals surface area contributed by atoms with Gasteiger partial charge in [0, 0.05) is 27.7 Å². The monoisotopic (exact) mass is 368 g/mol. The van der Waals surface area contributed by atoms with E-state index in [-0.39, 0.29) is 5.41 Å². The highest BCUT2D eigenvalue weighted by molar-refractivity contribution is 9.09. The van der Waals surface area contributed by atoms with Gasteiger partial charge in [0.25, 0.3) is 0 Å². The predicted octanol–water partition coefficient (Wildman–Crippen LogP) is 4.40. The molecule has 0 atom stereocenters. The molecule has 0 spiro atoms. The maximum atomic E-state index is 5.90. The summed E-state index contributed by atoms with van der Waals surface area (Å²) >= 11 is 13.0. The molecule has 4 heteroatoms. The minimum absolute atomic E-state index is 0.0272. The standard InChI is InChI=1S/C12H15Br2ClO/c1-2-16-9-12(7-13,8-14)10-3-5-11(15)6-4-10/h3-6H,2,7-9H2,1H3. The van der Waals surface area contributed by atoms with Crippen LogP contribution >= 0.6 is 43.5 Å². The Kier molecular flexibility index (Phi) is 6.34. The third-order valence-corrected chi connectivity index (χ3v) is 4.95. The molecular weight excluding hydrogens is 355 g/mol. The molecule has 0 saturated heterocycles. The quantitative estimate of drug-likeness (QED) is 0.674. The number of rotatable bonds is 6. The van der Waals surface area contributed by atoms with Gasteiger partial charge >= 0.3 is 0 Å². The number of ether oxygens (including phenoxy) is 1. The zero-order chi connectivity index (χ0) is 12.0. The lowest BCUT2D eigenvalue weighted by Gasteiger charge is -2.30. The van der Waals surface area contributed by atoms with Crippen molar-refractivity contribution in [2.24, 2.45) is 0 Å². The highest BCUT2D eigenvalue weighted by Crippen LogP contribution is 2.30. The van der Waals surface area contributed by atoms with Gasteiger partial charge in [0.1, 0.15) is 0 Å². The fraction of sp³-hybridized carbons (Fsp3) is 0.500. The Balaban J connectivity index is 2.95. The van der Waals surface area contributed by atoms with Crippen LogP contribution in [0.5, 0.6) is 0 Å². The molecule has 0 bridgehead atoms. The van der Waals surface area contributed by atoms with E-state index in [9.17, 15) is 0 Å². The minimum Gasteiger partial charge on any atom is -0.381 e. The fourth-order valence-electron chi connectivity index (χ4n) is 1.45. The molecular formula is C12H15Br2ClO. The lowest BCUT2D eigenvalue weighted by Crippen LogP contribution is -2.35. The highest BCUT2D eigenvalue weighted by Gasteiger charge is 2.30. The number of benzene rings is 1. The Bertz CT molecular complexity index is 309. The van der Waals surface area contributed by atoms with Crippen LogP contribution in [0, 0.1) is 0 Å². The zero-order valence-electron chi connectivity index (χ0n) is 9.18. The average Bonchev–Trinajstić information content (AvgIpc) is 2.33. The van der Waals surface area contributed by atoms with Gasteiger partial charge in [-0.15, -0.1) is 0 Å². The van der Waals surface area contributed by atoms with Gasteiger partial charge in [-0.1, -0.05) is 55.6 Å². The van der Waals surface area contributed by atoms with E-state index in [0.717, 1.165) is 22.3 Å². The Labute approximate surface area is 119 Å². The maximum Gasteiger partial charge on any atom is 0.0578 e. The molecule has 1 aromatic rings. The molecule has 0 amide bonds. The van der Waals surface area contributed by atoms with Gasteiger partial charge in [-0.05, 0) is 24.6 Å². The summed E-state index contributed by atoms with van der Waals surface area (Å²) in [6.45, 7) is 3.44. The van der Waals surface area contributed by atoms with Crippen molar-refractivity contribution in [3.63, 3.8) is 0 Å². The van der Waals surface area contributed by atoms with Crippen molar-refractivity contribution in [3.8, 4) is 0 Å².